The topological polar surface area (TPSA) is 26.3 Å². The molecule has 2 aromatic heterocycles. The molecule has 0 unspecified atom stereocenters. The van der Waals surface area contributed by atoms with Gasteiger partial charge in [-0.05, 0) is 218 Å². The van der Waals surface area contributed by atoms with Crippen molar-refractivity contribution in [2.24, 2.45) is 0 Å². The molecule has 19 rings (SSSR count). The Morgan fingerprint density at radius 3 is 1.15 bits per heavy atom. The number of furan rings is 2. The van der Waals surface area contributed by atoms with Gasteiger partial charge in [-0.3, -0.25) is 0 Å². The Morgan fingerprint density at radius 1 is 0.262 bits per heavy atom. The molecule has 84 heavy (non-hydrogen) atoms. The summed E-state index contributed by atoms with van der Waals surface area (Å²) in [5.41, 5.74) is 40.3. The molecule has 2 heterocycles. The van der Waals surface area contributed by atoms with Crippen LogP contribution in [0.15, 0.2) is 191 Å². The van der Waals surface area contributed by atoms with E-state index in [9.17, 15) is 0 Å². The average molecular weight is 1080 g/mol. The van der Waals surface area contributed by atoms with Crippen molar-refractivity contribution in [3.63, 3.8) is 0 Å². The molecular weight excluding hydrogens is 1020 g/mol. The van der Waals surface area contributed by atoms with Crippen LogP contribution in [0.3, 0.4) is 0 Å². The molecule has 6 aliphatic carbocycles. The highest BCUT2D eigenvalue weighted by Crippen LogP contribution is 2.63. The highest BCUT2D eigenvalue weighted by molar-refractivity contribution is 6.21. The second-order valence-electron chi connectivity index (χ2n) is 28.3. The fourth-order valence-corrected chi connectivity index (χ4v) is 17.8. The Labute approximate surface area is 490 Å². The number of rotatable bonds is 2. The van der Waals surface area contributed by atoms with Gasteiger partial charge >= 0.3 is 0 Å². The minimum Gasteiger partial charge on any atom is -0.455 e. The third kappa shape index (κ3) is 5.56. The highest BCUT2D eigenvalue weighted by atomic mass is 16.3. The fourth-order valence-electron chi connectivity index (χ4n) is 17.8. The summed E-state index contributed by atoms with van der Waals surface area (Å²) < 4.78 is 14.5. The molecule has 0 aliphatic heterocycles. The highest BCUT2D eigenvalue weighted by Gasteiger charge is 2.47. The van der Waals surface area contributed by atoms with Gasteiger partial charge in [0.2, 0.25) is 0 Å². The summed E-state index contributed by atoms with van der Waals surface area (Å²) in [6.07, 6.45) is 0.922. The van der Waals surface area contributed by atoms with Crippen LogP contribution in [-0.4, -0.2) is 0 Å². The van der Waals surface area contributed by atoms with Gasteiger partial charge in [0.1, 0.15) is 22.3 Å². The van der Waals surface area contributed by atoms with Crippen molar-refractivity contribution in [3.05, 3.63) is 249 Å². The van der Waals surface area contributed by atoms with Crippen LogP contribution in [0.5, 0.6) is 0 Å². The molecule has 0 amide bonds. The molecule has 0 atom stereocenters. The lowest BCUT2D eigenvalue weighted by Gasteiger charge is -2.25. The van der Waals surface area contributed by atoms with E-state index in [1.807, 2.05) is 0 Å². The van der Waals surface area contributed by atoms with Crippen LogP contribution < -0.4 is 0 Å². The van der Waals surface area contributed by atoms with Gasteiger partial charge in [0.15, 0.2) is 0 Å². The maximum absolute atomic E-state index is 7.26. The number of hydrogen-bond acceptors (Lipinski definition) is 2. The predicted molar refractivity (Wildman–Crippen MR) is 348 cm³/mol. The molecule has 13 aromatic rings. The lowest BCUT2D eigenvalue weighted by atomic mass is 9.78. The van der Waals surface area contributed by atoms with Crippen molar-refractivity contribution >= 4 is 43.9 Å². The summed E-state index contributed by atoms with van der Waals surface area (Å²) >= 11 is 0. The largest absolute Gasteiger partial charge is 0.455 e. The minimum absolute atomic E-state index is 0.0435. The minimum atomic E-state index is -0.349. The van der Waals surface area contributed by atoms with E-state index in [0.29, 0.717) is 0 Å². The molecule has 0 fully saturated rings. The second-order valence-corrected chi connectivity index (χ2v) is 28.3. The molecule has 0 radical (unpaired) electrons. The summed E-state index contributed by atoms with van der Waals surface area (Å²) in [5.74, 6) is 0. The maximum atomic E-state index is 7.26. The van der Waals surface area contributed by atoms with Crippen LogP contribution in [-0.2, 0) is 33.5 Å². The molecule has 2 nitrogen and oxygen atoms in total. The molecule has 0 saturated heterocycles. The smallest absolute Gasteiger partial charge is 0.144 e. The van der Waals surface area contributed by atoms with Crippen LogP contribution >= 0.6 is 0 Å². The molecule has 2 heteroatoms. The van der Waals surface area contributed by atoms with Crippen molar-refractivity contribution in [1.82, 2.24) is 0 Å². The normalized spacial score (nSPS) is 17.1. The third-order valence-electron chi connectivity index (χ3n) is 22.3. The van der Waals surface area contributed by atoms with Crippen molar-refractivity contribution in [2.75, 3.05) is 0 Å². The summed E-state index contributed by atoms with van der Waals surface area (Å²) in [5, 5.41) is 4.69. The summed E-state index contributed by atoms with van der Waals surface area (Å²) in [6.45, 7) is 24.2. The summed E-state index contributed by atoms with van der Waals surface area (Å²) in [6, 6.07) is 70.3. The van der Waals surface area contributed by atoms with E-state index in [2.05, 4.69) is 251 Å². The van der Waals surface area contributed by atoms with E-state index in [4.69, 9.17) is 8.83 Å². The van der Waals surface area contributed by atoms with Crippen molar-refractivity contribution < 1.29 is 8.83 Å². The lowest BCUT2D eigenvalue weighted by Crippen LogP contribution is -2.17. The first-order valence-corrected chi connectivity index (χ1v) is 30.4. The Kier molecular flexibility index (Phi) is 8.50. The monoisotopic (exact) mass is 1080 g/mol. The molecule has 0 N–H and O–H groups in total. The van der Waals surface area contributed by atoms with E-state index in [-0.39, 0.29) is 27.1 Å². The van der Waals surface area contributed by atoms with Gasteiger partial charge in [0.25, 0.3) is 0 Å². The van der Waals surface area contributed by atoms with Crippen LogP contribution in [0.4, 0.5) is 0 Å². The van der Waals surface area contributed by atoms with Gasteiger partial charge in [-0.2, -0.15) is 0 Å². The predicted octanol–water partition coefficient (Wildman–Crippen LogP) is 21.9. The van der Waals surface area contributed by atoms with Gasteiger partial charge in [-0.15, -0.1) is 0 Å². The first kappa shape index (κ1) is 47.5. The number of hydrogen-bond donors (Lipinski definition) is 0. The summed E-state index contributed by atoms with van der Waals surface area (Å²) in [7, 11) is 0. The number of fused-ring (bicyclic) bond motifs is 26. The SMILES string of the molecule is CC1(C)c2ccccc2-c2cc3c(cc21)-c1ccc(-c2cc4c(c5oc6ccccc6c25)-c2cc5c(cc2C4(C)C)-c2c(cc(-c4ccc6c(c4)C(C)(C)c4cc7c(cc4-6)C(C)(C)c4ccccc4-7)c4c2oc2ccccc24)C5(C)C)cc1C3. The van der Waals surface area contributed by atoms with Gasteiger partial charge in [0, 0.05) is 59.7 Å². The standard InChI is InChI=1S/C82H62O2/c1-78(2)60-23-15-11-19-47(60)55-33-45-32-44-31-42(27-29-46(44)52(45)35-63(55)78)53-36-68-74(76-72(53)50-21-13-17-25-70(50)83-76)58-40-67-59(41-66(58)81(68,7)8)75-69(82(67,9)10)37-54(73-51-22-14-18-26-71(51)84-77(73)75)43-28-30-49-57-39-64-56(38-65(57)80(5,6)62(49)34-43)48-20-12-16-24-61(48)79(64,3)4/h11-31,33-41H,32H2,1-10H3. The zero-order valence-electron chi connectivity index (χ0n) is 49.3. The Morgan fingerprint density at radius 2 is 0.619 bits per heavy atom. The van der Waals surface area contributed by atoms with E-state index >= 15 is 0 Å². The van der Waals surface area contributed by atoms with Gasteiger partial charge in [-0.1, -0.05) is 184 Å². The molecule has 6 aliphatic rings. The Balaban J connectivity index is 0.761. The molecule has 0 bridgehead atoms. The maximum Gasteiger partial charge on any atom is 0.144 e. The first-order chi connectivity index (χ1) is 40.4. The van der Waals surface area contributed by atoms with Crippen LogP contribution in [0.25, 0.3) is 133 Å². The van der Waals surface area contributed by atoms with Crippen molar-refractivity contribution in [1.29, 1.82) is 0 Å². The molecule has 0 saturated carbocycles. The molecular formula is C82H62O2. The van der Waals surface area contributed by atoms with Crippen LogP contribution in [0.1, 0.15) is 136 Å². The van der Waals surface area contributed by atoms with Crippen molar-refractivity contribution in [3.8, 4) is 89.0 Å². The van der Waals surface area contributed by atoms with Gasteiger partial charge < -0.3 is 8.83 Å². The number of para-hydroxylation sites is 2. The molecule has 402 valence electrons. The van der Waals surface area contributed by atoms with E-state index < -0.39 is 0 Å². The van der Waals surface area contributed by atoms with Crippen molar-refractivity contribution in [2.45, 2.75) is 103 Å². The zero-order chi connectivity index (χ0) is 56.6. The van der Waals surface area contributed by atoms with E-state index in [1.165, 1.54) is 167 Å². The average Bonchev–Trinajstić information content (AvgIpc) is 1.63. The van der Waals surface area contributed by atoms with E-state index in [1.54, 1.807) is 0 Å². The van der Waals surface area contributed by atoms with Gasteiger partial charge in [-0.25, -0.2) is 0 Å². The Hall–Kier alpha value is -8.98. The quantitative estimate of drug-likeness (QED) is 0.172. The van der Waals surface area contributed by atoms with E-state index in [0.717, 1.165) is 39.5 Å². The van der Waals surface area contributed by atoms with Crippen LogP contribution in [0, 0.1) is 0 Å². The first-order valence-electron chi connectivity index (χ1n) is 30.4. The Bertz CT molecular complexity index is 5300. The van der Waals surface area contributed by atoms with Crippen LogP contribution in [0.2, 0.25) is 0 Å². The summed E-state index contributed by atoms with van der Waals surface area (Å²) in [4.78, 5) is 0. The fraction of sp³-hybridized carbons (Fsp3) is 0.195. The molecule has 11 aromatic carbocycles. The second kappa shape index (κ2) is 15.0. The lowest BCUT2D eigenvalue weighted by molar-refractivity contribution is 0.648. The third-order valence-corrected chi connectivity index (χ3v) is 22.3. The number of benzene rings is 11. The zero-order valence-corrected chi connectivity index (χ0v) is 49.3. The van der Waals surface area contributed by atoms with Gasteiger partial charge in [0.05, 0.1) is 0 Å². The molecule has 0 spiro atoms.